The van der Waals surface area contributed by atoms with E-state index in [1.807, 2.05) is 42.5 Å². The molecule has 122 valence electrons. The number of nitrogens with one attached hydrogen (secondary N) is 1. The van der Waals surface area contributed by atoms with Gasteiger partial charge in [-0.3, -0.25) is 5.43 Å². The summed E-state index contributed by atoms with van der Waals surface area (Å²) >= 11 is 7.77. The fourth-order valence-electron chi connectivity index (χ4n) is 2.42. The zero-order chi connectivity index (χ0) is 17.1. The van der Waals surface area contributed by atoms with E-state index in [-0.39, 0.29) is 0 Å². The van der Waals surface area contributed by atoms with Crippen LogP contribution >= 0.6 is 22.9 Å². The van der Waals surface area contributed by atoms with E-state index in [0.29, 0.717) is 10.8 Å². The minimum atomic E-state index is 0.656. The van der Waals surface area contributed by atoms with Crippen molar-refractivity contribution in [3.63, 3.8) is 0 Å². The molecule has 0 radical (unpaired) electrons. The molecule has 0 amide bonds. The van der Waals surface area contributed by atoms with Crippen LogP contribution in [-0.4, -0.2) is 16.2 Å². The largest absolute Gasteiger partial charge is 0.260 e. The van der Waals surface area contributed by atoms with Crippen LogP contribution in [-0.2, 0) is 0 Å². The number of fused-ring (bicyclic) bond motifs is 1. The van der Waals surface area contributed by atoms with E-state index in [1.165, 1.54) is 6.33 Å². The standard InChI is InChI=1S/C19H13ClN4S/c20-15-9-5-4-8-14(15)11-23-24-19-18-16(21-12-22-19)10-17(25-18)13-6-2-1-3-7-13/h1-12H,(H,21,22,24)/b23-11+. The molecule has 4 nitrogen and oxygen atoms in total. The molecule has 0 fully saturated rings. The van der Waals surface area contributed by atoms with Gasteiger partial charge in [0.05, 0.1) is 16.4 Å². The Hall–Kier alpha value is -2.76. The van der Waals surface area contributed by atoms with Crippen molar-refractivity contribution >= 4 is 45.2 Å². The minimum absolute atomic E-state index is 0.656. The predicted octanol–water partition coefficient (Wildman–Crippen LogP) is 5.46. The number of halogens is 1. The van der Waals surface area contributed by atoms with Gasteiger partial charge in [0.1, 0.15) is 6.33 Å². The van der Waals surface area contributed by atoms with Crippen LogP contribution in [0.15, 0.2) is 72.1 Å². The lowest BCUT2D eigenvalue weighted by Crippen LogP contribution is -1.94. The van der Waals surface area contributed by atoms with Crippen molar-refractivity contribution in [3.8, 4) is 10.4 Å². The van der Waals surface area contributed by atoms with Crippen molar-refractivity contribution in [1.29, 1.82) is 0 Å². The smallest absolute Gasteiger partial charge is 0.167 e. The summed E-state index contributed by atoms with van der Waals surface area (Å²) < 4.78 is 0.970. The van der Waals surface area contributed by atoms with Gasteiger partial charge in [0.25, 0.3) is 0 Å². The second kappa shape index (κ2) is 7.01. The summed E-state index contributed by atoms with van der Waals surface area (Å²) in [5.41, 5.74) is 5.90. The Morgan fingerprint density at radius 3 is 2.64 bits per heavy atom. The summed E-state index contributed by atoms with van der Waals surface area (Å²) in [7, 11) is 0. The van der Waals surface area contributed by atoms with Crippen LogP contribution in [0.2, 0.25) is 5.02 Å². The van der Waals surface area contributed by atoms with E-state index in [2.05, 4.69) is 38.7 Å². The molecule has 2 heterocycles. The molecule has 2 aromatic carbocycles. The van der Waals surface area contributed by atoms with Gasteiger partial charge in [-0.25, -0.2) is 9.97 Å². The molecule has 0 saturated heterocycles. The Balaban J connectivity index is 1.64. The Bertz CT molecular complexity index is 1040. The molecule has 0 unspecified atom stereocenters. The highest BCUT2D eigenvalue weighted by Gasteiger charge is 2.09. The zero-order valence-electron chi connectivity index (χ0n) is 13.1. The summed E-state index contributed by atoms with van der Waals surface area (Å²) in [5.74, 6) is 0.681. The average Bonchev–Trinajstić information content (AvgIpc) is 3.09. The highest BCUT2D eigenvalue weighted by Crippen LogP contribution is 2.35. The van der Waals surface area contributed by atoms with Gasteiger partial charge >= 0.3 is 0 Å². The summed E-state index contributed by atoms with van der Waals surface area (Å²) in [5, 5.41) is 4.92. The highest BCUT2D eigenvalue weighted by molar-refractivity contribution is 7.22. The van der Waals surface area contributed by atoms with Crippen LogP contribution in [0, 0.1) is 0 Å². The van der Waals surface area contributed by atoms with E-state index < -0.39 is 0 Å². The van der Waals surface area contributed by atoms with Crippen molar-refractivity contribution in [1.82, 2.24) is 9.97 Å². The topological polar surface area (TPSA) is 50.2 Å². The molecule has 0 saturated carbocycles. The van der Waals surface area contributed by atoms with Gasteiger partial charge < -0.3 is 0 Å². The van der Waals surface area contributed by atoms with Crippen LogP contribution in [0.1, 0.15) is 5.56 Å². The molecule has 0 aliphatic carbocycles. The molecule has 0 bridgehead atoms. The fraction of sp³-hybridized carbons (Fsp3) is 0. The molecule has 1 N–H and O–H groups in total. The number of hydrazone groups is 1. The highest BCUT2D eigenvalue weighted by atomic mass is 35.5. The molecule has 25 heavy (non-hydrogen) atoms. The number of hydrogen-bond acceptors (Lipinski definition) is 5. The number of hydrogen-bond donors (Lipinski definition) is 1. The van der Waals surface area contributed by atoms with Crippen LogP contribution in [0.5, 0.6) is 0 Å². The Morgan fingerprint density at radius 2 is 1.80 bits per heavy atom. The maximum Gasteiger partial charge on any atom is 0.167 e. The van der Waals surface area contributed by atoms with E-state index >= 15 is 0 Å². The molecule has 2 aromatic heterocycles. The molecule has 0 spiro atoms. The van der Waals surface area contributed by atoms with Gasteiger partial charge in [0, 0.05) is 15.5 Å². The minimum Gasteiger partial charge on any atom is -0.260 e. The monoisotopic (exact) mass is 364 g/mol. The maximum atomic E-state index is 6.13. The van der Waals surface area contributed by atoms with Crippen molar-refractivity contribution < 1.29 is 0 Å². The first kappa shape index (κ1) is 15.7. The SMILES string of the molecule is Clc1ccccc1/C=N/Nc1ncnc2cc(-c3ccccc3)sc12. The Labute approximate surface area is 153 Å². The number of anilines is 1. The molecular formula is C19H13ClN4S. The second-order valence-electron chi connectivity index (χ2n) is 5.30. The predicted molar refractivity (Wildman–Crippen MR) is 106 cm³/mol. The van der Waals surface area contributed by atoms with Crippen molar-refractivity contribution in [2.24, 2.45) is 5.10 Å². The average molecular weight is 365 g/mol. The van der Waals surface area contributed by atoms with Gasteiger partial charge in [-0.1, -0.05) is 60.1 Å². The third-order valence-corrected chi connectivity index (χ3v) is 5.17. The van der Waals surface area contributed by atoms with E-state index in [4.69, 9.17) is 11.6 Å². The third kappa shape index (κ3) is 3.38. The number of thiophene rings is 1. The molecule has 0 aliphatic heterocycles. The Morgan fingerprint density at radius 1 is 1.00 bits per heavy atom. The first-order valence-electron chi connectivity index (χ1n) is 7.65. The maximum absolute atomic E-state index is 6.13. The lowest BCUT2D eigenvalue weighted by molar-refractivity contribution is 1.19. The van der Waals surface area contributed by atoms with Crippen molar-refractivity contribution in [2.75, 3.05) is 5.43 Å². The lowest BCUT2D eigenvalue weighted by atomic mass is 10.2. The van der Waals surface area contributed by atoms with E-state index in [9.17, 15) is 0 Å². The van der Waals surface area contributed by atoms with E-state index in [0.717, 1.165) is 26.2 Å². The van der Waals surface area contributed by atoms with Crippen molar-refractivity contribution in [2.45, 2.75) is 0 Å². The number of nitrogens with zero attached hydrogens (tertiary/aromatic N) is 3. The van der Waals surface area contributed by atoms with Gasteiger partial charge in [0.15, 0.2) is 5.82 Å². The lowest BCUT2D eigenvalue weighted by Gasteiger charge is -2.00. The summed E-state index contributed by atoms with van der Waals surface area (Å²) in [4.78, 5) is 9.81. The first-order chi connectivity index (χ1) is 12.3. The van der Waals surface area contributed by atoms with Gasteiger partial charge in [-0.05, 0) is 17.7 Å². The van der Waals surface area contributed by atoms with Crippen LogP contribution in [0.4, 0.5) is 5.82 Å². The summed E-state index contributed by atoms with van der Waals surface area (Å²) in [6, 6.07) is 19.8. The van der Waals surface area contributed by atoms with Gasteiger partial charge in [-0.2, -0.15) is 5.10 Å². The molecule has 0 aliphatic rings. The zero-order valence-corrected chi connectivity index (χ0v) is 14.6. The molecule has 4 aromatic rings. The Kier molecular flexibility index (Phi) is 4.41. The van der Waals surface area contributed by atoms with Gasteiger partial charge in [-0.15, -0.1) is 11.3 Å². The molecular weight excluding hydrogens is 352 g/mol. The quantitative estimate of drug-likeness (QED) is 0.386. The number of rotatable bonds is 4. The van der Waals surface area contributed by atoms with Gasteiger partial charge in [0.2, 0.25) is 0 Å². The summed E-state index contributed by atoms with van der Waals surface area (Å²) in [6.45, 7) is 0. The summed E-state index contributed by atoms with van der Waals surface area (Å²) in [6.07, 6.45) is 3.22. The van der Waals surface area contributed by atoms with Crippen LogP contribution in [0.25, 0.3) is 20.7 Å². The second-order valence-corrected chi connectivity index (χ2v) is 6.76. The molecule has 4 rings (SSSR count). The van der Waals surface area contributed by atoms with Crippen LogP contribution in [0.3, 0.4) is 0 Å². The number of aromatic nitrogens is 2. The third-order valence-electron chi connectivity index (χ3n) is 3.65. The van der Waals surface area contributed by atoms with E-state index in [1.54, 1.807) is 17.6 Å². The molecule has 6 heteroatoms. The fourth-order valence-corrected chi connectivity index (χ4v) is 3.66. The molecule has 0 atom stereocenters. The first-order valence-corrected chi connectivity index (χ1v) is 8.84. The van der Waals surface area contributed by atoms with Crippen LogP contribution < -0.4 is 5.43 Å². The normalized spacial score (nSPS) is 11.2. The van der Waals surface area contributed by atoms with Crippen molar-refractivity contribution in [3.05, 3.63) is 77.6 Å². The number of benzene rings is 2.